The van der Waals surface area contributed by atoms with Gasteiger partial charge < -0.3 is 10.6 Å². The van der Waals surface area contributed by atoms with E-state index in [0.29, 0.717) is 6.54 Å². The predicted octanol–water partition coefficient (Wildman–Crippen LogP) is 2.60. The SMILES string of the molecule is Cc1cc(F)c(NC(=O)CCNC(C)C)cc1F. The Labute approximate surface area is 106 Å². The fraction of sp³-hybridized carbons (Fsp3) is 0.462. The highest BCUT2D eigenvalue weighted by molar-refractivity contribution is 5.90. The maximum Gasteiger partial charge on any atom is 0.225 e. The van der Waals surface area contributed by atoms with Crippen LogP contribution < -0.4 is 10.6 Å². The number of amides is 1. The van der Waals surface area contributed by atoms with E-state index in [2.05, 4.69) is 10.6 Å². The molecular weight excluding hydrogens is 238 g/mol. The van der Waals surface area contributed by atoms with E-state index in [1.54, 1.807) is 0 Å². The zero-order valence-electron chi connectivity index (χ0n) is 10.8. The molecule has 0 bridgehead atoms. The lowest BCUT2D eigenvalue weighted by atomic mass is 10.2. The molecule has 2 N–H and O–H groups in total. The van der Waals surface area contributed by atoms with Crippen molar-refractivity contribution < 1.29 is 13.6 Å². The van der Waals surface area contributed by atoms with Crippen LogP contribution in [0.1, 0.15) is 25.8 Å². The van der Waals surface area contributed by atoms with Crippen molar-refractivity contribution in [2.45, 2.75) is 33.2 Å². The lowest BCUT2D eigenvalue weighted by Crippen LogP contribution is -2.27. The van der Waals surface area contributed by atoms with Gasteiger partial charge in [0, 0.05) is 25.1 Å². The Kier molecular flexibility index (Phi) is 5.22. The van der Waals surface area contributed by atoms with Crippen LogP contribution >= 0.6 is 0 Å². The third kappa shape index (κ3) is 4.41. The van der Waals surface area contributed by atoms with Gasteiger partial charge in [-0.25, -0.2) is 8.78 Å². The number of carbonyl (C=O) groups is 1. The summed E-state index contributed by atoms with van der Waals surface area (Å²) in [5, 5.41) is 5.43. The quantitative estimate of drug-likeness (QED) is 0.850. The van der Waals surface area contributed by atoms with Gasteiger partial charge in [-0.3, -0.25) is 4.79 Å². The van der Waals surface area contributed by atoms with E-state index in [1.165, 1.54) is 6.92 Å². The van der Waals surface area contributed by atoms with Crippen molar-refractivity contribution in [1.82, 2.24) is 5.32 Å². The Morgan fingerprint density at radius 2 is 1.94 bits per heavy atom. The third-order valence-corrected chi connectivity index (χ3v) is 2.43. The summed E-state index contributed by atoms with van der Waals surface area (Å²) in [6.45, 7) is 5.90. The minimum absolute atomic E-state index is 0.118. The number of benzene rings is 1. The molecule has 1 aromatic rings. The van der Waals surface area contributed by atoms with Crippen LogP contribution in [0.25, 0.3) is 0 Å². The molecule has 0 heterocycles. The van der Waals surface area contributed by atoms with Crippen molar-refractivity contribution in [2.75, 3.05) is 11.9 Å². The third-order valence-electron chi connectivity index (χ3n) is 2.43. The molecule has 0 radical (unpaired) electrons. The van der Waals surface area contributed by atoms with Crippen LogP contribution in [0.3, 0.4) is 0 Å². The molecule has 1 rings (SSSR count). The van der Waals surface area contributed by atoms with Crippen molar-refractivity contribution in [3.63, 3.8) is 0 Å². The Morgan fingerprint density at radius 1 is 1.28 bits per heavy atom. The van der Waals surface area contributed by atoms with Gasteiger partial charge in [-0.15, -0.1) is 0 Å². The van der Waals surface area contributed by atoms with E-state index in [0.717, 1.165) is 12.1 Å². The van der Waals surface area contributed by atoms with E-state index in [-0.39, 0.29) is 29.6 Å². The summed E-state index contributed by atoms with van der Waals surface area (Å²) >= 11 is 0. The first-order valence-corrected chi connectivity index (χ1v) is 5.89. The normalized spacial score (nSPS) is 10.8. The Hall–Kier alpha value is -1.49. The number of aryl methyl sites for hydroxylation is 1. The Bertz CT molecular complexity index is 433. The molecular formula is C13H18F2N2O. The number of halogens is 2. The van der Waals surface area contributed by atoms with Gasteiger partial charge in [0.25, 0.3) is 0 Å². The summed E-state index contributed by atoms with van der Waals surface area (Å²) in [6.07, 6.45) is 0.215. The number of nitrogens with one attached hydrogen (secondary N) is 2. The highest BCUT2D eigenvalue weighted by Gasteiger charge is 2.10. The van der Waals surface area contributed by atoms with Gasteiger partial charge in [0.2, 0.25) is 5.91 Å². The topological polar surface area (TPSA) is 41.1 Å². The fourth-order valence-corrected chi connectivity index (χ4v) is 1.43. The van der Waals surface area contributed by atoms with Crippen LogP contribution in [-0.4, -0.2) is 18.5 Å². The average Bonchev–Trinajstić information content (AvgIpc) is 2.25. The molecule has 100 valence electrons. The van der Waals surface area contributed by atoms with Crippen molar-refractivity contribution in [3.05, 3.63) is 29.3 Å². The lowest BCUT2D eigenvalue weighted by Gasteiger charge is -2.10. The van der Waals surface area contributed by atoms with E-state index in [9.17, 15) is 13.6 Å². The molecule has 0 fully saturated rings. The summed E-state index contributed by atoms with van der Waals surface area (Å²) < 4.78 is 26.7. The van der Waals surface area contributed by atoms with Crippen LogP contribution in [0, 0.1) is 18.6 Å². The zero-order chi connectivity index (χ0) is 13.7. The molecule has 0 aromatic heterocycles. The van der Waals surface area contributed by atoms with Gasteiger partial charge in [0.15, 0.2) is 0 Å². The van der Waals surface area contributed by atoms with Gasteiger partial charge in [-0.05, 0) is 18.6 Å². The van der Waals surface area contributed by atoms with Crippen molar-refractivity contribution in [2.24, 2.45) is 0 Å². The molecule has 0 atom stereocenters. The van der Waals surface area contributed by atoms with Crippen LogP contribution in [-0.2, 0) is 4.79 Å². The van der Waals surface area contributed by atoms with Crippen molar-refractivity contribution >= 4 is 11.6 Å². The highest BCUT2D eigenvalue weighted by atomic mass is 19.1. The van der Waals surface area contributed by atoms with Gasteiger partial charge in [0.1, 0.15) is 11.6 Å². The van der Waals surface area contributed by atoms with E-state index in [1.807, 2.05) is 13.8 Å². The van der Waals surface area contributed by atoms with Crippen molar-refractivity contribution in [3.8, 4) is 0 Å². The standard InChI is InChI=1S/C13H18F2N2O/c1-8(2)16-5-4-13(18)17-12-7-10(14)9(3)6-11(12)15/h6-8,16H,4-5H2,1-3H3,(H,17,18). The molecule has 0 aliphatic rings. The van der Waals surface area contributed by atoms with Crippen LogP contribution in [0.2, 0.25) is 0 Å². The maximum absolute atomic E-state index is 13.4. The van der Waals surface area contributed by atoms with Gasteiger partial charge in [-0.2, -0.15) is 0 Å². The van der Waals surface area contributed by atoms with Crippen LogP contribution in [0.15, 0.2) is 12.1 Å². The zero-order valence-corrected chi connectivity index (χ0v) is 10.8. The molecule has 0 saturated heterocycles. The Balaban J connectivity index is 2.57. The molecule has 0 aliphatic heterocycles. The summed E-state index contributed by atoms with van der Waals surface area (Å²) in [6, 6.07) is 2.35. The molecule has 0 saturated carbocycles. The molecule has 18 heavy (non-hydrogen) atoms. The molecule has 1 aromatic carbocycles. The number of hydrogen-bond donors (Lipinski definition) is 2. The second-order valence-corrected chi connectivity index (χ2v) is 4.49. The fourth-order valence-electron chi connectivity index (χ4n) is 1.43. The summed E-state index contributed by atoms with van der Waals surface area (Å²) in [4.78, 5) is 11.5. The van der Waals surface area contributed by atoms with Crippen molar-refractivity contribution in [1.29, 1.82) is 0 Å². The number of carbonyl (C=O) groups excluding carboxylic acids is 1. The second-order valence-electron chi connectivity index (χ2n) is 4.49. The molecule has 1 amide bonds. The van der Waals surface area contributed by atoms with Gasteiger partial charge in [-0.1, -0.05) is 13.8 Å². The summed E-state index contributed by atoms with van der Waals surface area (Å²) in [5.74, 6) is -1.50. The first kappa shape index (κ1) is 14.6. The van der Waals surface area contributed by atoms with Gasteiger partial charge >= 0.3 is 0 Å². The molecule has 3 nitrogen and oxygen atoms in total. The number of rotatable bonds is 5. The van der Waals surface area contributed by atoms with E-state index < -0.39 is 11.6 Å². The molecule has 0 unspecified atom stereocenters. The summed E-state index contributed by atoms with van der Waals surface area (Å²) in [5.41, 5.74) is 0.0969. The first-order valence-electron chi connectivity index (χ1n) is 5.89. The predicted molar refractivity (Wildman–Crippen MR) is 67.5 cm³/mol. The largest absolute Gasteiger partial charge is 0.323 e. The average molecular weight is 256 g/mol. The second kappa shape index (κ2) is 6.44. The lowest BCUT2D eigenvalue weighted by molar-refractivity contribution is -0.116. The van der Waals surface area contributed by atoms with Crippen LogP contribution in [0.4, 0.5) is 14.5 Å². The smallest absolute Gasteiger partial charge is 0.225 e. The van der Waals surface area contributed by atoms with E-state index >= 15 is 0 Å². The number of anilines is 1. The molecule has 0 aliphatic carbocycles. The van der Waals surface area contributed by atoms with Crippen LogP contribution in [0.5, 0.6) is 0 Å². The summed E-state index contributed by atoms with van der Waals surface area (Å²) in [7, 11) is 0. The first-order chi connectivity index (χ1) is 8.40. The molecule has 0 spiro atoms. The monoisotopic (exact) mass is 256 g/mol. The molecule has 5 heteroatoms. The number of hydrogen-bond acceptors (Lipinski definition) is 2. The maximum atomic E-state index is 13.4. The van der Waals surface area contributed by atoms with E-state index in [4.69, 9.17) is 0 Å². The Morgan fingerprint density at radius 3 is 2.56 bits per heavy atom. The minimum atomic E-state index is -0.626. The van der Waals surface area contributed by atoms with Gasteiger partial charge in [0.05, 0.1) is 5.69 Å². The minimum Gasteiger partial charge on any atom is -0.323 e. The highest BCUT2D eigenvalue weighted by Crippen LogP contribution is 2.18.